The zero-order valence-corrected chi connectivity index (χ0v) is 20.5. The molecular formula is C31H29NO4. The predicted octanol–water partition coefficient (Wildman–Crippen LogP) is 8.11. The molecule has 0 amide bonds. The van der Waals surface area contributed by atoms with Gasteiger partial charge < -0.3 is 19.1 Å². The van der Waals surface area contributed by atoms with Crippen molar-refractivity contribution < 1.29 is 19.4 Å². The molecule has 36 heavy (non-hydrogen) atoms. The lowest BCUT2D eigenvalue weighted by Crippen LogP contribution is -2.11. The summed E-state index contributed by atoms with van der Waals surface area (Å²) >= 11 is 0. The smallest absolute Gasteiger partial charge is 0.493 e. The van der Waals surface area contributed by atoms with Crippen molar-refractivity contribution in [2.75, 3.05) is 6.61 Å². The van der Waals surface area contributed by atoms with Crippen LogP contribution in [0.25, 0.3) is 32.8 Å². The highest BCUT2D eigenvalue weighted by Gasteiger charge is 2.24. The Morgan fingerprint density at radius 2 is 1.56 bits per heavy atom. The second-order valence-corrected chi connectivity index (χ2v) is 9.14. The highest BCUT2D eigenvalue weighted by atomic mass is 16.7. The van der Waals surface area contributed by atoms with E-state index in [-0.39, 0.29) is 5.92 Å². The van der Waals surface area contributed by atoms with Crippen LogP contribution in [-0.2, 0) is 6.54 Å². The maximum Gasteiger partial charge on any atom is 0.512 e. The Kier molecular flexibility index (Phi) is 6.63. The van der Waals surface area contributed by atoms with Crippen molar-refractivity contribution in [1.29, 1.82) is 0 Å². The van der Waals surface area contributed by atoms with Gasteiger partial charge in [0.2, 0.25) is 5.88 Å². The highest BCUT2D eigenvalue weighted by molar-refractivity contribution is 6.01. The number of ether oxygens (including phenoxy) is 2. The molecule has 0 saturated carbocycles. The Morgan fingerprint density at radius 1 is 0.861 bits per heavy atom. The van der Waals surface area contributed by atoms with Crippen LogP contribution in [0.3, 0.4) is 0 Å². The molecule has 5 heteroatoms. The third-order valence-corrected chi connectivity index (χ3v) is 6.49. The maximum atomic E-state index is 11.8. The van der Waals surface area contributed by atoms with Gasteiger partial charge in [0.05, 0.1) is 17.7 Å². The minimum Gasteiger partial charge on any atom is -0.493 e. The SMILES string of the molecule is CC(C)c1ccccc1-c1c(OC(=O)O)n(CCCOc2cccc3ccccc23)c2ccccc12. The number of para-hydroxylation sites is 1. The van der Waals surface area contributed by atoms with E-state index in [1.165, 1.54) is 0 Å². The average molecular weight is 480 g/mol. The van der Waals surface area contributed by atoms with E-state index >= 15 is 0 Å². The van der Waals surface area contributed by atoms with Crippen LogP contribution in [-0.4, -0.2) is 22.4 Å². The summed E-state index contributed by atoms with van der Waals surface area (Å²) in [6.45, 7) is 5.32. The van der Waals surface area contributed by atoms with E-state index in [1.807, 2.05) is 71.3 Å². The van der Waals surface area contributed by atoms with E-state index < -0.39 is 6.16 Å². The Labute approximate surface area is 210 Å². The Hall–Kier alpha value is -4.25. The monoisotopic (exact) mass is 479 g/mol. The number of aromatic nitrogens is 1. The summed E-state index contributed by atoms with van der Waals surface area (Å²) in [6, 6.07) is 30.3. The number of aryl methyl sites for hydroxylation is 1. The fraction of sp³-hybridized carbons (Fsp3) is 0.194. The molecule has 0 aliphatic heterocycles. The van der Waals surface area contributed by atoms with Crippen molar-refractivity contribution in [3.05, 3.63) is 96.6 Å². The number of carbonyl (C=O) groups is 1. The van der Waals surface area contributed by atoms with Gasteiger partial charge in [0, 0.05) is 17.3 Å². The Morgan fingerprint density at radius 3 is 2.36 bits per heavy atom. The number of hydrogen-bond donors (Lipinski definition) is 1. The fourth-order valence-corrected chi connectivity index (χ4v) is 4.91. The second-order valence-electron chi connectivity index (χ2n) is 9.14. The first-order valence-electron chi connectivity index (χ1n) is 12.3. The van der Waals surface area contributed by atoms with Crippen molar-refractivity contribution >= 4 is 27.8 Å². The van der Waals surface area contributed by atoms with Crippen molar-refractivity contribution in [3.8, 4) is 22.8 Å². The highest BCUT2D eigenvalue weighted by Crippen LogP contribution is 2.43. The second kappa shape index (κ2) is 10.2. The average Bonchev–Trinajstić information content (AvgIpc) is 3.18. The molecule has 0 spiro atoms. The first-order valence-corrected chi connectivity index (χ1v) is 12.3. The van der Waals surface area contributed by atoms with E-state index in [0.29, 0.717) is 25.5 Å². The van der Waals surface area contributed by atoms with Crippen molar-refractivity contribution in [3.63, 3.8) is 0 Å². The third kappa shape index (κ3) is 4.52. The molecule has 5 aromatic rings. The summed E-state index contributed by atoms with van der Waals surface area (Å²) in [5.74, 6) is 1.47. The molecule has 0 radical (unpaired) electrons. The number of rotatable bonds is 8. The van der Waals surface area contributed by atoms with E-state index in [2.05, 4.69) is 38.1 Å². The van der Waals surface area contributed by atoms with E-state index in [0.717, 1.165) is 44.1 Å². The first kappa shape index (κ1) is 23.5. The Bertz CT molecular complexity index is 1530. The van der Waals surface area contributed by atoms with Crippen LogP contribution in [0, 0.1) is 0 Å². The number of carboxylic acid groups (broad SMARTS) is 1. The summed E-state index contributed by atoms with van der Waals surface area (Å²) in [6.07, 6.45) is -0.641. The van der Waals surface area contributed by atoms with Crippen LogP contribution >= 0.6 is 0 Å². The summed E-state index contributed by atoms with van der Waals surface area (Å²) in [4.78, 5) is 11.8. The van der Waals surface area contributed by atoms with Crippen molar-refractivity contribution in [1.82, 2.24) is 4.57 Å². The number of fused-ring (bicyclic) bond motifs is 2. The largest absolute Gasteiger partial charge is 0.512 e. The summed E-state index contributed by atoms with van der Waals surface area (Å²) in [7, 11) is 0. The van der Waals surface area contributed by atoms with E-state index in [1.54, 1.807) is 0 Å². The number of hydrogen-bond acceptors (Lipinski definition) is 3. The summed E-state index contributed by atoms with van der Waals surface area (Å²) in [5.41, 5.74) is 3.89. The lowest BCUT2D eigenvalue weighted by Gasteiger charge is -2.15. The molecule has 0 aliphatic carbocycles. The Balaban J connectivity index is 1.50. The van der Waals surface area contributed by atoms with Crippen LogP contribution < -0.4 is 9.47 Å². The van der Waals surface area contributed by atoms with Crippen LogP contribution in [0.4, 0.5) is 4.79 Å². The van der Waals surface area contributed by atoms with Crippen LogP contribution in [0.2, 0.25) is 0 Å². The third-order valence-electron chi connectivity index (χ3n) is 6.49. The molecule has 0 aliphatic rings. The quantitative estimate of drug-likeness (QED) is 0.180. The normalized spacial score (nSPS) is 11.3. The molecule has 1 aromatic heterocycles. The maximum absolute atomic E-state index is 11.8. The lowest BCUT2D eigenvalue weighted by molar-refractivity contribution is 0.141. The summed E-state index contributed by atoms with van der Waals surface area (Å²) in [5, 5.41) is 12.8. The molecule has 0 unspecified atom stereocenters. The van der Waals surface area contributed by atoms with Gasteiger partial charge in [-0.25, -0.2) is 4.79 Å². The molecule has 1 N–H and O–H groups in total. The van der Waals surface area contributed by atoms with Gasteiger partial charge in [-0.2, -0.15) is 0 Å². The molecule has 4 aromatic carbocycles. The van der Waals surface area contributed by atoms with Crippen molar-refractivity contribution in [2.24, 2.45) is 0 Å². The number of benzene rings is 4. The molecule has 0 fully saturated rings. The lowest BCUT2D eigenvalue weighted by atomic mass is 9.92. The topological polar surface area (TPSA) is 60.7 Å². The fourth-order valence-electron chi connectivity index (χ4n) is 4.91. The van der Waals surface area contributed by atoms with Gasteiger partial charge in [-0.3, -0.25) is 0 Å². The van der Waals surface area contributed by atoms with Gasteiger partial charge in [0.25, 0.3) is 0 Å². The van der Waals surface area contributed by atoms with Gasteiger partial charge in [0.1, 0.15) is 5.75 Å². The molecule has 5 rings (SSSR count). The zero-order valence-electron chi connectivity index (χ0n) is 20.5. The van der Waals surface area contributed by atoms with Gasteiger partial charge in [-0.1, -0.05) is 92.7 Å². The minimum atomic E-state index is -1.32. The van der Waals surface area contributed by atoms with Gasteiger partial charge in [0.15, 0.2) is 0 Å². The molecule has 0 saturated heterocycles. The van der Waals surface area contributed by atoms with Crippen molar-refractivity contribution in [2.45, 2.75) is 32.7 Å². The van der Waals surface area contributed by atoms with E-state index in [4.69, 9.17) is 9.47 Å². The number of nitrogens with zero attached hydrogens (tertiary/aromatic N) is 1. The van der Waals surface area contributed by atoms with E-state index in [9.17, 15) is 9.90 Å². The molecular weight excluding hydrogens is 450 g/mol. The van der Waals surface area contributed by atoms with Crippen LogP contribution in [0.15, 0.2) is 91.0 Å². The first-order chi connectivity index (χ1) is 17.5. The van der Waals surface area contributed by atoms with Gasteiger partial charge in [-0.15, -0.1) is 0 Å². The van der Waals surface area contributed by atoms with Gasteiger partial charge >= 0.3 is 6.16 Å². The minimum absolute atomic E-state index is 0.273. The van der Waals surface area contributed by atoms with Crippen LogP contribution in [0.5, 0.6) is 11.6 Å². The predicted molar refractivity (Wildman–Crippen MR) is 144 cm³/mol. The molecule has 182 valence electrons. The summed E-state index contributed by atoms with van der Waals surface area (Å²) < 4.78 is 13.6. The molecule has 1 heterocycles. The standard InChI is InChI=1S/C31H29NO4/c1-21(2)23-13-5-6-15-25(23)29-26-16-7-8-17-27(26)32(30(29)36-31(33)34)19-10-20-35-28-18-9-12-22-11-3-4-14-24(22)28/h3-9,11-18,21H,10,19-20H2,1-2H3,(H,33,34). The zero-order chi connectivity index (χ0) is 25.1. The van der Waals surface area contributed by atoms with Gasteiger partial charge in [-0.05, 0) is 41.0 Å². The van der Waals surface area contributed by atoms with Crippen LogP contribution in [0.1, 0.15) is 31.7 Å². The molecule has 5 nitrogen and oxygen atoms in total. The molecule has 0 atom stereocenters. The molecule has 0 bridgehead atoms.